The lowest BCUT2D eigenvalue weighted by Gasteiger charge is -2.36. The second-order valence-electron chi connectivity index (χ2n) is 6.34. The Morgan fingerprint density at radius 2 is 1.48 bits per heavy atom. The van der Waals surface area contributed by atoms with Crippen LogP contribution in [0.3, 0.4) is 0 Å². The number of piperidine rings is 1. The summed E-state index contributed by atoms with van der Waals surface area (Å²) >= 11 is 0. The van der Waals surface area contributed by atoms with Gasteiger partial charge < -0.3 is 4.90 Å². The van der Waals surface area contributed by atoms with Gasteiger partial charge >= 0.3 is 0 Å². The fourth-order valence-corrected chi connectivity index (χ4v) is 3.26. The lowest BCUT2D eigenvalue weighted by Crippen LogP contribution is -2.44. The van der Waals surface area contributed by atoms with Gasteiger partial charge in [0, 0.05) is 37.1 Å². The molecule has 1 heterocycles. The van der Waals surface area contributed by atoms with Crippen LogP contribution in [0.15, 0.2) is 12.1 Å². The van der Waals surface area contributed by atoms with Gasteiger partial charge in [-0.25, -0.2) is 13.2 Å². The Labute approximate surface area is 132 Å². The summed E-state index contributed by atoms with van der Waals surface area (Å²) in [4.78, 5) is 26.2. The van der Waals surface area contributed by atoms with Gasteiger partial charge in [-0.2, -0.15) is 0 Å². The van der Waals surface area contributed by atoms with Crippen molar-refractivity contribution in [1.82, 2.24) is 4.90 Å². The number of Topliss-reactive ketones (excluding diaryl/α,β-unsaturated/α-hetero) is 1. The number of benzene rings is 1. The molecule has 0 unspecified atom stereocenters. The van der Waals surface area contributed by atoms with E-state index < -0.39 is 34.7 Å². The van der Waals surface area contributed by atoms with E-state index in [9.17, 15) is 22.8 Å². The first-order chi connectivity index (χ1) is 11.0. The molecule has 3 nitrogen and oxygen atoms in total. The zero-order chi connectivity index (χ0) is 16.6. The van der Waals surface area contributed by atoms with Crippen LogP contribution in [0.2, 0.25) is 0 Å². The standard InChI is InChI=1S/C17H18F3NO2/c18-12-8-13(19)15(14(20)9-12)16(22)10-4-6-21(7-5-10)17(23)11-2-1-3-11/h8-11H,1-7H2. The maximum Gasteiger partial charge on any atom is 0.225 e. The molecule has 1 saturated carbocycles. The van der Waals surface area contributed by atoms with Crippen molar-refractivity contribution < 1.29 is 22.8 Å². The minimum atomic E-state index is -1.17. The molecule has 0 N–H and O–H groups in total. The highest BCUT2D eigenvalue weighted by molar-refractivity contribution is 5.98. The predicted octanol–water partition coefficient (Wildman–Crippen LogP) is 3.33. The van der Waals surface area contributed by atoms with Gasteiger partial charge in [0.2, 0.25) is 5.91 Å². The molecule has 3 rings (SSSR count). The number of amides is 1. The normalized spacial score (nSPS) is 19.5. The number of ketones is 1. The minimum absolute atomic E-state index is 0.106. The Morgan fingerprint density at radius 1 is 0.913 bits per heavy atom. The van der Waals surface area contributed by atoms with Crippen LogP contribution in [0.5, 0.6) is 0 Å². The van der Waals surface area contributed by atoms with E-state index in [0.717, 1.165) is 19.3 Å². The van der Waals surface area contributed by atoms with Crippen molar-refractivity contribution in [3.8, 4) is 0 Å². The quantitative estimate of drug-likeness (QED) is 0.800. The lowest BCUT2D eigenvalue weighted by atomic mass is 9.83. The molecular formula is C17H18F3NO2. The monoisotopic (exact) mass is 325 g/mol. The van der Waals surface area contributed by atoms with E-state index in [2.05, 4.69) is 0 Å². The summed E-state index contributed by atoms with van der Waals surface area (Å²) in [5.74, 6) is -4.32. The van der Waals surface area contributed by atoms with Gasteiger partial charge in [0.25, 0.3) is 0 Å². The molecule has 1 amide bonds. The van der Waals surface area contributed by atoms with Gasteiger partial charge in [-0.05, 0) is 25.7 Å². The molecule has 1 aromatic carbocycles. The number of carbonyl (C=O) groups excluding carboxylic acids is 2. The van der Waals surface area contributed by atoms with Crippen LogP contribution in [-0.2, 0) is 4.79 Å². The number of likely N-dealkylation sites (tertiary alicyclic amines) is 1. The van der Waals surface area contributed by atoms with E-state index in [1.807, 2.05) is 0 Å². The van der Waals surface area contributed by atoms with E-state index in [0.29, 0.717) is 38.1 Å². The van der Waals surface area contributed by atoms with E-state index in [1.54, 1.807) is 4.90 Å². The van der Waals surface area contributed by atoms with Crippen molar-refractivity contribution in [2.24, 2.45) is 11.8 Å². The number of rotatable bonds is 3. The van der Waals surface area contributed by atoms with Crippen molar-refractivity contribution in [3.05, 3.63) is 35.1 Å². The largest absolute Gasteiger partial charge is 0.342 e. The number of carbonyl (C=O) groups is 2. The van der Waals surface area contributed by atoms with Gasteiger partial charge in [0.1, 0.15) is 17.5 Å². The van der Waals surface area contributed by atoms with Crippen LogP contribution in [0.1, 0.15) is 42.5 Å². The molecule has 0 atom stereocenters. The Kier molecular flexibility index (Phi) is 4.41. The molecule has 0 spiro atoms. The summed E-state index contributed by atoms with van der Waals surface area (Å²) < 4.78 is 40.4. The number of hydrogen-bond donors (Lipinski definition) is 0. The first-order valence-corrected chi connectivity index (χ1v) is 7.95. The summed E-state index contributed by atoms with van der Waals surface area (Å²) in [6.45, 7) is 0.854. The molecule has 1 aliphatic carbocycles. The summed E-state index contributed by atoms with van der Waals surface area (Å²) in [7, 11) is 0. The average Bonchev–Trinajstić information content (AvgIpc) is 2.44. The minimum Gasteiger partial charge on any atom is -0.342 e. The highest BCUT2D eigenvalue weighted by atomic mass is 19.1. The second-order valence-corrected chi connectivity index (χ2v) is 6.34. The second kappa shape index (κ2) is 6.34. The fraction of sp³-hybridized carbons (Fsp3) is 0.529. The molecule has 23 heavy (non-hydrogen) atoms. The Morgan fingerprint density at radius 3 is 1.96 bits per heavy atom. The summed E-state index contributed by atoms with van der Waals surface area (Å²) in [6.07, 6.45) is 3.68. The van der Waals surface area contributed by atoms with Crippen LogP contribution in [0.4, 0.5) is 13.2 Å². The molecule has 1 aliphatic heterocycles. The zero-order valence-corrected chi connectivity index (χ0v) is 12.7. The smallest absolute Gasteiger partial charge is 0.225 e. The molecule has 2 fully saturated rings. The van der Waals surface area contributed by atoms with Gasteiger partial charge in [-0.3, -0.25) is 9.59 Å². The van der Waals surface area contributed by atoms with Gasteiger partial charge in [0.15, 0.2) is 5.78 Å². The Bertz CT molecular complexity index is 612. The van der Waals surface area contributed by atoms with Crippen LogP contribution in [0.25, 0.3) is 0 Å². The third-order valence-electron chi connectivity index (χ3n) is 4.89. The van der Waals surface area contributed by atoms with E-state index in [-0.39, 0.29) is 11.8 Å². The SMILES string of the molecule is O=C(c1c(F)cc(F)cc1F)C1CCN(C(=O)C2CCC2)CC1. The average molecular weight is 325 g/mol. The van der Waals surface area contributed by atoms with Gasteiger partial charge in [-0.1, -0.05) is 6.42 Å². The van der Waals surface area contributed by atoms with Crippen LogP contribution in [-0.4, -0.2) is 29.7 Å². The maximum atomic E-state index is 13.7. The molecule has 6 heteroatoms. The Hall–Kier alpha value is -1.85. The van der Waals surface area contributed by atoms with Crippen LogP contribution < -0.4 is 0 Å². The topological polar surface area (TPSA) is 37.4 Å². The first kappa shape index (κ1) is 16.0. The lowest BCUT2D eigenvalue weighted by molar-refractivity contribution is -0.139. The van der Waals surface area contributed by atoms with Crippen molar-refractivity contribution in [1.29, 1.82) is 0 Å². The molecular weight excluding hydrogens is 307 g/mol. The van der Waals surface area contributed by atoms with Crippen molar-refractivity contribution in [3.63, 3.8) is 0 Å². The molecule has 1 aromatic rings. The van der Waals surface area contributed by atoms with E-state index in [4.69, 9.17) is 0 Å². The van der Waals surface area contributed by atoms with Gasteiger partial charge in [-0.15, -0.1) is 0 Å². The summed E-state index contributed by atoms with van der Waals surface area (Å²) in [5, 5.41) is 0. The van der Waals surface area contributed by atoms with E-state index >= 15 is 0 Å². The van der Waals surface area contributed by atoms with Crippen molar-refractivity contribution in [2.75, 3.05) is 13.1 Å². The molecule has 124 valence electrons. The molecule has 2 aliphatic rings. The number of nitrogens with zero attached hydrogens (tertiary/aromatic N) is 1. The molecule has 0 aromatic heterocycles. The van der Waals surface area contributed by atoms with Crippen LogP contribution in [0, 0.1) is 29.3 Å². The fourth-order valence-electron chi connectivity index (χ4n) is 3.26. The molecule has 0 bridgehead atoms. The summed E-state index contributed by atoms with van der Waals surface area (Å²) in [5.41, 5.74) is -0.671. The zero-order valence-electron chi connectivity index (χ0n) is 12.7. The number of halogens is 3. The maximum absolute atomic E-state index is 13.7. The Balaban J connectivity index is 1.65. The predicted molar refractivity (Wildman–Crippen MR) is 77.3 cm³/mol. The number of hydrogen-bond acceptors (Lipinski definition) is 2. The highest BCUT2D eigenvalue weighted by Gasteiger charge is 2.34. The molecule has 0 radical (unpaired) electrons. The van der Waals surface area contributed by atoms with Crippen LogP contribution >= 0.6 is 0 Å². The first-order valence-electron chi connectivity index (χ1n) is 7.95. The third kappa shape index (κ3) is 3.12. The van der Waals surface area contributed by atoms with Crippen molar-refractivity contribution >= 4 is 11.7 Å². The third-order valence-corrected chi connectivity index (χ3v) is 4.89. The van der Waals surface area contributed by atoms with E-state index in [1.165, 1.54) is 0 Å². The summed E-state index contributed by atoms with van der Waals surface area (Å²) in [6, 6.07) is 1.04. The highest BCUT2D eigenvalue weighted by Crippen LogP contribution is 2.31. The van der Waals surface area contributed by atoms with Gasteiger partial charge in [0.05, 0.1) is 5.56 Å². The van der Waals surface area contributed by atoms with Crippen molar-refractivity contribution in [2.45, 2.75) is 32.1 Å². The molecule has 1 saturated heterocycles.